The highest BCUT2D eigenvalue weighted by molar-refractivity contribution is 7.89. The predicted octanol–water partition coefficient (Wildman–Crippen LogP) is 4.53. The average Bonchev–Trinajstić information content (AvgIpc) is 2.73. The number of sulfonamides is 1. The molecule has 3 rings (SSSR count). The Morgan fingerprint density at radius 1 is 0.778 bits per heavy atom. The van der Waals surface area contributed by atoms with Crippen molar-refractivity contribution in [2.24, 2.45) is 0 Å². The van der Waals surface area contributed by atoms with Gasteiger partial charge in [-0.1, -0.05) is 84.9 Å². The second-order valence-electron chi connectivity index (χ2n) is 6.44. The molecule has 3 aromatic carbocycles. The van der Waals surface area contributed by atoms with Crippen molar-refractivity contribution in [1.82, 2.24) is 4.72 Å². The van der Waals surface area contributed by atoms with Gasteiger partial charge in [0.25, 0.3) is 0 Å². The molecule has 0 aromatic heterocycles. The summed E-state index contributed by atoms with van der Waals surface area (Å²) in [6, 6.07) is 28.4. The fourth-order valence-electron chi connectivity index (χ4n) is 3.34. The second-order valence-corrected chi connectivity index (χ2v) is 8.21. The van der Waals surface area contributed by atoms with E-state index in [1.807, 2.05) is 66.7 Å². The molecule has 3 aromatic rings. The van der Waals surface area contributed by atoms with Gasteiger partial charge in [0.05, 0.1) is 4.90 Å². The summed E-state index contributed by atoms with van der Waals surface area (Å²) in [4.78, 5) is 0.263. The van der Waals surface area contributed by atoms with Crippen LogP contribution in [0.2, 0.25) is 0 Å². The van der Waals surface area contributed by atoms with Crippen molar-refractivity contribution >= 4 is 10.0 Å². The van der Waals surface area contributed by atoms with Crippen molar-refractivity contribution in [2.75, 3.05) is 6.54 Å². The van der Waals surface area contributed by atoms with E-state index in [-0.39, 0.29) is 11.4 Å². The normalized spacial score (nSPS) is 11.9. The summed E-state index contributed by atoms with van der Waals surface area (Å²) in [6.45, 7) is 4.16. The standard InChI is InChI=1S/C23H23NO2S/c1-2-18-23(20-12-6-3-7-13-20,21-14-8-4-9-15-21)19-24-27(25,26)22-16-10-5-11-17-22/h2-17,24H,1,18-19H2. The first-order valence-electron chi connectivity index (χ1n) is 8.85. The number of nitrogens with one attached hydrogen (secondary N) is 1. The summed E-state index contributed by atoms with van der Waals surface area (Å²) in [5.74, 6) is 0. The SMILES string of the molecule is C=CCC(CNS(=O)(=O)c1ccccc1)(c1ccccc1)c1ccccc1. The lowest BCUT2D eigenvalue weighted by Crippen LogP contribution is -2.41. The van der Waals surface area contributed by atoms with Crippen molar-refractivity contribution in [3.63, 3.8) is 0 Å². The molecule has 0 bridgehead atoms. The van der Waals surface area contributed by atoms with Gasteiger partial charge in [0, 0.05) is 12.0 Å². The molecule has 0 amide bonds. The highest BCUT2D eigenvalue weighted by Crippen LogP contribution is 2.36. The Labute approximate surface area is 161 Å². The van der Waals surface area contributed by atoms with Gasteiger partial charge in [-0.2, -0.15) is 0 Å². The van der Waals surface area contributed by atoms with Crippen LogP contribution in [0.5, 0.6) is 0 Å². The topological polar surface area (TPSA) is 46.2 Å². The van der Waals surface area contributed by atoms with E-state index in [4.69, 9.17) is 0 Å². The van der Waals surface area contributed by atoms with Crippen LogP contribution in [0.25, 0.3) is 0 Å². The molecule has 4 heteroatoms. The molecule has 3 nitrogen and oxygen atoms in total. The van der Waals surface area contributed by atoms with E-state index < -0.39 is 15.4 Å². The van der Waals surface area contributed by atoms with Crippen LogP contribution in [0.3, 0.4) is 0 Å². The third kappa shape index (κ3) is 4.18. The maximum atomic E-state index is 12.8. The molecule has 0 saturated carbocycles. The van der Waals surface area contributed by atoms with Gasteiger partial charge in [0.15, 0.2) is 0 Å². The van der Waals surface area contributed by atoms with E-state index in [0.717, 1.165) is 11.1 Å². The van der Waals surface area contributed by atoms with Crippen molar-refractivity contribution in [1.29, 1.82) is 0 Å². The molecule has 27 heavy (non-hydrogen) atoms. The van der Waals surface area contributed by atoms with Crippen molar-refractivity contribution in [3.05, 3.63) is 115 Å². The van der Waals surface area contributed by atoms with E-state index in [1.165, 1.54) is 0 Å². The molecule has 0 radical (unpaired) electrons. The second kappa shape index (κ2) is 8.33. The molecule has 138 valence electrons. The largest absolute Gasteiger partial charge is 0.240 e. The Morgan fingerprint density at radius 2 is 1.22 bits per heavy atom. The van der Waals surface area contributed by atoms with Crippen LogP contribution in [0.1, 0.15) is 17.5 Å². The van der Waals surface area contributed by atoms with Gasteiger partial charge in [0.1, 0.15) is 0 Å². The van der Waals surface area contributed by atoms with Crippen LogP contribution in [-0.4, -0.2) is 15.0 Å². The van der Waals surface area contributed by atoms with Crippen LogP contribution in [0.15, 0.2) is 109 Å². The molecule has 0 spiro atoms. The van der Waals surface area contributed by atoms with Crippen LogP contribution >= 0.6 is 0 Å². The highest BCUT2D eigenvalue weighted by atomic mass is 32.2. The zero-order chi connectivity index (χ0) is 19.2. The monoisotopic (exact) mass is 377 g/mol. The first-order chi connectivity index (χ1) is 13.1. The average molecular weight is 378 g/mol. The quantitative estimate of drug-likeness (QED) is 0.586. The maximum Gasteiger partial charge on any atom is 0.240 e. The Balaban J connectivity index is 2.04. The summed E-state index contributed by atoms with van der Waals surface area (Å²) < 4.78 is 28.4. The lowest BCUT2D eigenvalue weighted by atomic mass is 9.72. The van der Waals surface area contributed by atoms with Gasteiger partial charge in [-0.15, -0.1) is 6.58 Å². The van der Waals surface area contributed by atoms with E-state index >= 15 is 0 Å². The van der Waals surface area contributed by atoms with Crippen molar-refractivity contribution in [3.8, 4) is 0 Å². The zero-order valence-corrected chi connectivity index (χ0v) is 15.9. The Kier molecular flexibility index (Phi) is 5.89. The first kappa shape index (κ1) is 19.1. The minimum atomic E-state index is -3.61. The lowest BCUT2D eigenvalue weighted by molar-refractivity contribution is 0.499. The molecule has 0 saturated heterocycles. The van der Waals surface area contributed by atoms with Crippen LogP contribution in [-0.2, 0) is 15.4 Å². The zero-order valence-electron chi connectivity index (χ0n) is 15.1. The van der Waals surface area contributed by atoms with Gasteiger partial charge in [0.2, 0.25) is 10.0 Å². The number of allylic oxidation sites excluding steroid dienone is 1. The van der Waals surface area contributed by atoms with Crippen LogP contribution in [0, 0.1) is 0 Å². The summed E-state index contributed by atoms with van der Waals surface area (Å²) in [5.41, 5.74) is 1.56. The number of hydrogen-bond acceptors (Lipinski definition) is 2. The molecule has 0 aliphatic heterocycles. The third-order valence-corrected chi connectivity index (χ3v) is 6.18. The molecule has 1 N–H and O–H groups in total. The smallest absolute Gasteiger partial charge is 0.210 e. The molecular formula is C23H23NO2S. The van der Waals surface area contributed by atoms with Gasteiger partial charge >= 0.3 is 0 Å². The van der Waals surface area contributed by atoms with E-state index in [9.17, 15) is 8.42 Å². The van der Waals surface area contributed by atoms with Crippen molar-refractivity contribution < 1.29 is 8.42 Å². The predicted molar refractivity (Wildman–Crippen MR) is 110 cm³/mol. The molecule has 0 aliphatic rings. The first-order valence-corrected chi connectivity index (χ1v) is 10.3. The molecule has 0 aliphatic carbocycles. The molecule has 0 unspecified atom stereocenters. The summed E-state index contributed by atoms with van der Waals surface area (Å²) in [7, 11) is -3.61. The Hall–Kier alpha value is -2.69. The number of hydrogen-bond donors (Lipinski definition) is 1. The summed E-state index contributed by atoms with van der Waals surface area (Å²) in [6.07, 6.45) is 2.45. The summed E-state index contributed by atoms with van der Waals surface area (Å²) in [5, 5.41) is 0. The minimum absolute atomic E-state index is 0.240. The summed E-state index contributed by atoms with van der Waals surface area (Å²) >= 11 is 0. The van der Waals surface area contributed by atoms with Gasteiger partial charge in [-0.25, -0.2) is 13.1 Å². The molecule has 0 heterocycles. The van der Waals surface area contributed by atoms with Gasteiger partial charge < -0.3 is 0 Å². The van der Waals surface area contributed by atoms with E-state index in [0.29, 0.717) is 6.42 Å². The third-order valence-electron chi connectivity index (χ3n) is 4.76. The van der Waals surface area contributed by atoms with Crippen LogP contribution in [0.4, 0.5) is 0 Å². The van der Waals surface area contributed by atoms with Crippen molar-refractivity contribution in [2.45, 2.75) is 16.7 Å². The van der Waals surface area contributed by atoms with E-state index in [1.54, 1.807) is 30.3 Å². The number of benzene rings is 3. The van der Waals surface area contributed by atoms with Gasteiger partial charge in [-0.3, -0.25) is 0 Å². The Morgan fingerprint density at radius 3 is 1.67 bits per heavy atom. The molecule has 0 fully saturated rings. The highest BCUT2D eigenvalue weighted by Gasteiger charge is 2.34. The fourth-order valence-corrected chi connectivity index (χ4v) is 4.46. The van der Waals surface area contributed by atoms with Gasteiger partial charge in [-0.05, 0) is 29.7 Å². The number of rotatable bonds is 8. The lowest BCUT2D eigenvalue weighted by Gasteiger charge is -2.34. The maximum absolute atomic E-state index is 12.8. The van der Waals surface area contributed by atoms with E-state index in [2.05, 4.69) is 11.3 Å². The fraction of sp³-hybridized carbons (Fsp3) is 0.130. The molecule has 0 atom stereocenters. The minimum Gasteiger partial charge on any atom is -0.210 e. The Bertz CT molecular complexity index is 929. The van der Waals surface area contributed by atoms with Crippen LogP contribution < -0.4 is 4.72 Å². The molecular weight excluding hydrogens is 354 g/mol.